The summed E-state index contributed by atoms with van der Waals surface area (Å²) >= 11 is 0. The van der Waals surface area contributed by atoms with Crippen molar-refractivity contribution in [3.8, 4) is 16.9 Å². The van der Waals surface area contributed by atoms with Crippen molar-refractivity contribution < 1.29 is 31.5 Å². The maximum atomic E-state index is 14.7. The molecule has 0 aliphatic carbocycles. The second kappa shape index (κ2) is 11.2. The molecule has 1 saturated heterocycles. The van der Waals surface area contributed by atoms with Gasteiger partial charge in [0.2, 0.25) is 0 Å². The summed E-state index contributed by atoms with van der Waals surface area (Å²) < 4.78 is 74.5. The number of anilines is 2. The molecule has 202 valence electrons. The third-order valence-electron chi connectivity index (χ3n) is 6.00. The number of nitrogens with zero attached hydrogens (tertiary/aromatic N) is 1. The van der Waals surface area contributed by atoms with Crippen LogP contribution in [-0.2, 0) is 12.7 Å². The van der Waals surface area contributed by atoms with Gasteiger partial charge in [0.25, 0.3) is 5.56 Å². The Labute approximate surface area is 214 Å². The maximum Gasteiger partial charge on any atom is 0.416 e. The van der Waals surface area contributed by atoms with E-state index in [0.717, 1.165) is 12.1 Å². The number of likely N-dealkylation sites (tertiary alicyclic amines) is 1. The fourth-order valence-corrected chi connectivity index (χ4v) is 4.20. The molecule has 0 radical (unpaired) electrons. The minimum Gasteiger partial charge on any atom is -0.488 e. The lowest BCUT2D eigenvalue weighted by atomic mass is 10.1. The van der Waals surface area contributed by atoms with Gasteiger partial charge in [0.15, 0.2) is 5.75 Å². The number of halogens is 5. The lowest BCUT2D eigenvalue weighted by molar-refractivity contribution is -0.138. The number of hydrogen-bond acceptors (Lipinski definition) is 4. The Morgan fingerprint density at radius 3 is 2.58 bits per heavy atom. The molecule has 4 rings (SSSR count). The van der Waals surface area contributed by atoms with Gasteiger partial charge in [-0.25, -0.2) is 13.6 Å². The first-order chi connectivity index (χ1) is 18.0. The number of hydrogen-bond donors (Lipinski definition) is 3. The van der Waals surface area contributed by atoms with Gasteiger partial charge in [-0.15, -0.1) is 0 Å². The topological polar surface area (TPSA) is 86.5 Å². The summed E-state index contributed by atoms with van der Waals surface area (Å²) in [6, 6.07) is 7.77. The van der Waals surface area contributed by atoms with Crippen molar-refractivity contribution in [1.29, 1.82) is 0 Å². The zero-order valence-corrected chi connectivity index (χ0v) is 20.3. The number of pyridine rings is 1. The van der Waals surface area contributed by atoms with Crippen LogP contribution < -0.4 is 20.9 Å². The van der Waals surface area contributed by atoms with Gasteiger partial charge in [0, 0.05) is 37.1 Å². The fourth-order valence-electron chi connectivity index (χ4n) is 4.20. The highest BCUT2D eigenvalue weighted by molar-refractivity contribution is 6.00. The Kier molecular flexibility index (Phi) is 8.00. The third kappa shape index (κ3) is 6.49. The Morgan fingerprint density at radius 1 is 1.13 bits per heavy atom. The normalized spacial score (nSPS) is 15.9. The van der Waals surface area contributed by atoms with Crippen molar-refractivity contribution in [1.82, 2.24) is 9.88 Å². The van der Waals surface area contributed by atoms with Crippen LogP contribution in [-0.4, -0.2) is 41.8 Å². The van der Waals surface area contributed by atoms with Crippen LogP contribution in [0, 0.1) is 5.82 Å². The van der Waals surface area contributed by atoms with E-state index in [1.807, 2.05) is 0 Å². The number of urea groups is 1. The first-order valence-corrected chi connectivity index (χ1v) is 11.8. The van der Waals surface area contributed by atoms with E-state index in [2.05, 4.69) is 15.6 Å². The van der Waals surface area contributed by atoms with Crippen molar-refractivity contribution in [3.63, 3.8) is 0 Å². The molecule has 1 aliphatic rings. The molecule has 2 aromatic carbocycles. The number of amides is 2. The van der Waals surface area contributed by atoms with Crippen LogP contribution in [0.15, 0.2) is 53.5 Å². The van der Waals surface area contributed by atoms with E-state index < -0.39 is 35.3 Å². The standard InChI is InChI=1S/C26H25F5N4O3/c1-2-38-23-10-17(12-32-24(23)36)15-4-6-22(21(28)9-15)34-25(37)33-19-5-3-16(20(11-19)26(29,30)31)13-35-8-7-18(27)14-35/h3-6,9-12,18H,2,7-8,13-14H2,1H3,(H,32,36)(H2,33,34,37)/t18-/m0/s1. The van der Waals surface area contributed by atoms with Crippen LogP contribution in [0.5, 0.6) is 5.75 Å². The van der Waals surface area contributed by atoms with Crippen LogP contribution in [0.4, 0.5) is 38.1 Å². The van der Waals surface area contributed by atoms with Gasteiger partial charge in [-0.05, 0) is 54.8 Å². The van der Waals surface area contributed by atoms with Gasteiger partial charge in [-0.1, -0.05) is 12.1 Å². The molecule has 0 spiro atoms. The summed E-state index contributed by atoms with van der Waals surface area (Å²) in [5.74, 6) is -0.729. The zero-order chi connectivity index (χ0) is 27.4. The van der Waals surface area contributed by atoms with Gasteiger partial charge in [-0.3, -0.25) is 9.69 Å². The number of aromatic nitrogens is 1. The van der Waals surface area contributed by atoms with E-state index >= 15 is 0 Å². The summed E-state index contributed by atoms with van der Waals surface area (Å²) in [6.45, 7) is 2.35. The molecule has 7 nitrogen and oxygen atoms in total. The van der Waals surface area contributed by atoms with Gasteiger partial charge >= 0.3 is 12.2 Å². The molecule has 1 aliphatic heterocycles. The summed E-state index contributed by atoms with van der Waals surface area (Å²) in [5, 5.41) is 4.56. The SMILES string of the molecule is CCOc1cc(-c2ccc(NC(=O)Nc3ccc(CN4CC[C@H](F)C4)c(C(F)(F)F)c3)c(F)c2)c[nH]c1=O. The van der Waals surface area contributed by atoms with Crippen LogP contribution in [0.1, 0.15) is 24.5 Å². The van der Waals surface area contributed by atoms with E-state index in [0.29, 0.717) is 17.7 Å². The number of alkyl halides is 4. The van der Waals surface area contributed by atoms with Crippen molar-refractivity contribution >= 4 is 17.4 Å². The molecule has 1 aromatic heterocycles. The highest BCUT2D eigenvalue weighted by atomic mass is 19.4. The van der Waals surface area contributed by atoms with Crippen molar-refractivity contribution in [3.05, 3.63) is 76.0 Å². The minimum absolute atomic E-state index is 0.0334. The first kappa shape index (κ1) is 27.1. The number of rotatable bonds is 7. The number of ether oxygens (including phenoxy) is 1. The third-order valence-corrected chi connectivity index (χ3v) is 6.00. The van der Waals surface area contributed by atoms with Gasteiger partial charge in [0.1, 0.15) is 12.0 Å². The highest BCUT2D eigenvalue weighted by Crippen LogP contribution is 2.35. The van der Waals surface area contributed by atoms with Crippen molar-refractivity contribution in [2.45, 2.75) is 32.2 Å². The Balaban J connectivity index is 1.47. The molecule has 2 amide bonds. The molecule has 0 unspecified atom stereocenters. The molecule has 3 N–H and O–H groups in total. The Hall–Kier alpha value is -3.93. The van der Waals surface area contributed by atoms with E-state index in [1.54, 1.807) is 11.8 Å². The average molecular weight is 537 g/mol. The number of H-pyrrole nitrogens is 1. The van der Waals surface area contributed by atoms with Crippen LogP contribution in [0.25, 0.3) is 11.1 Å². The first-order valence-electron chi connectivity index (χ1n) is 11.8. The van der Waals surface area contributed by atoms with E-state index in [4.69, 9.17) is 4.74 Å². The summed E-state index contributed by atoms with van der Waals surface area (Å²) in [4.78, 5) is 28.3. The highest BCUT2D eigenvalue weighted by Gasteiger charge is 2.35. The predicted octanol–water partition coefficient (Wildman–Crippen LogP) is 5.79. The monoisotopic (exact) mass is 536 g/mol. The fraction of sp³-hybridized carbons (Fsp3) is 0.308. The summed E-state index contributed by atoms with van der Waals surface area (Å²) in [6.07, 6.45) is -4.09. The van der Waals surface area contributed by atoms with Crippen molar-refractivity contribution in [2.75, 3.05) is 30.3 Å². The van der Waals surface area contributed by atoms with E-state index in [1.165, 1.54) is 36.5 Å². The molecule has 12 heteroatoms. The molecule has 0 saturated carbocycles. The number of aromatic amines is 1. The zero-order valence-electron chi connectivity index (χ0n) is 20.3. The van der Waals surface area contributed by atoms with Crippen molar-refractivity contribution in [2.24, 2.45) is 0 Å². The molecule has 1 atom stereocenters. The quantitative estimate of drug-likeness (QED) is 0.334. The van der Waals surface area contributed by atoms with E-state index in [9.17, 15) is 31.5 Å². The van der Waals surface area contributed by atoms with Crippen LogP contribution in [0.3, 0.4) is 0 Å². The summed E-state index contributed by atoms with van der Waals surface area (Å²) in [5.41, 5.74) is -0.890. The Bertz CT molecular complexity index is 1380. The van der Waals surface area contributed by atoms with E-state index in [-0.39, 0.29) is 48.8 Å². The second-order valence-electron chi connectivity index (χ2n) is 8.78. The van der Waals surface area contributed by atoms with Gasteiger partial charge in [0.05, 0.1) is 17.9 Å². The van der Waals surface area contributed by atoms with Crippen LogP contribution >= 0.6 is 0 Å². The number of benzene rings is 2. The average Bonchev–Trinajstić information content (AvgIpc) is 3.26. The molecule has 1 fully saturated rings. The smallest absolute Gasteiger partial charge is 0.416 e. The molecule has 3 aromatic rings. The van der Waals surface area contributed by atoms with Gasteiger partial charge in [-0.2, -0.15) is 13.2 Å². The lowest BCUT2D eigenvalue weighted by Gasteiger charge is -2.20. The maximum absolute atomic E-state index is 14.7. The largest absolute Gasteiger partial charge is 0.488 e. The number of nitrogens with one attached hydrogen (secondary N) is 3. The number of carbonyl (C=O) groups is 1. The second-order valence-corrected chi connectivity index (χ2v) is 8.78. The molecular weight excluding hydrogens is 511 g/mol. The van der Waals surface area contributed by atoms with Gasteiger partial charge < -0.3 is 20.4 Å². The number of carbonyl (C=O) groups excluding carboxylic acids is 1. The predicted molar refractivity (Wildman–Crippen MR) is 133 cm³/mol. The molecular formula is C26H25F5N4O3. The lowest BCUT2D eigenvalue weighted by Crippen LogP contribution is -2.23. The minimum atomic E-state index is -4.69. The van der Waals surface area contributed by atoms with Crippen LogP contribution in [0.2, 0.25) is 0 Å². The molecule has 0 bridgehead atoms. The summed E-state index contributed by atoms with van der Waals surface area (Å²) in [7, 11) is 0. The Morgan fingerprint density at radius 2 is 1.92 bits per heavy atom. The molecule has 38 heavy (non-hydrogen) atoms. The molecule has 2 heterocycles.